The number of piperazine rings is 1. The molecule has 1 aliphatic rings. The standard InChI is InChI=1S/C10H12ClN3O5S2/c1-2-6-10(15)12-3-4-13(6)21(18,19)8-5-7(14(16)17)9(11)20-8/h5-6H,2-4H2,1H3,(H,12,15). The van der Waals surface area contributed by atoms with Crippen molar-refractivity contribution in [3.05, 3.63) is 20.5 Å². The first-order valence-corrected chi connectivity index (χ1v) is 8.65. The minimum absolute atomic E-state index is 0.121. The van der Waals surface area contributed by atoms with Crippen molar-refractivity contribution in [2.75, 3.05) is 13.1 Å². The van der Waals surface area contributed by atoms with Gasteiger partial charge in [-0.1, -0.05) is 18.5 Å². The third-order valence-electron chi connectivity index (χ3n) is 3.07. The molecule has 2 heterocycles. The molecule has 1 aliphatic heterocycles. The zero-order valence-corrected chi connectivity index (χ0v) is 13.3. The SMILES string of the molecule is CCC1C(=O)NCCN1S(=O)(=O)c1cc([N+](=O)[O-])c(Cl)s1. The van der Waals surface area contributed by atoms with E-state index < -0.39 is 26.7 Å². The number of nitro groups is 1. The lowest BCUT2D eigenvalue weighted by molar-refractivity contribution is -0.384. The summed E-state index contributed by atoms with van der Waals surface area (Å²) in [4.78, 5) is 21.8. The summed E-state index contributed by atoms with van der Waals surface area (Å²) < 4.78 is 25.8. The molecular weight excluding hydrogens is 342 g/mol. The van der Waals surface area contributed by atoms with Gasteiger partial charge in [-0.15, -0.1) is 11.3 Å². The maximum absolute atomic E-state index is 12.6. The second-order valence-electron chi connectivity index (χ2n) is 4.31. The average molecular weight is 354 g/mol. The molecule has 21 heavy (non-hydrogen) atoms. The van der Waals surface area contributed by atoms with E-state index in [1.165, 1.54) is 0 Å². The smallest absolute Gasteiger partial charge is 0.300 e. The number of thiophene rings is 1. The fourth-order valence-corrected chi connectivity index (χ4v) is 5.53. The van der Waals surface area contributed by atoms with E-state index in [0.717, 1.165) is 10.4 Å². The molecule has 1 aromatic rings. The Bertz CT molecular complexity index is 687. The summed E-state index contributed by atoms with van der Waals surface area (Å²) in [5.41, 5.74) is -0.449. The van der Waals surface area contributed by atoms with E-state index in [2.05, 4.69) is 5.32 Å². The van der Waals surface area contributed by atoms with Gasteiger partial charge in [0.15, 0.2) is 4.34 Å². The van der Waals surface area contributed by atoms with Crippen LogP contribution in [0.25, 0.3) is 0 Å². The molecule has 0 saturated carbocycles. The second kappa shape index (κ2) is 5.87. The topological polar surface area (TPSA) is 110 Å². The predicted octanol–water partition coefficient (Wildman–Crippen LogP) is 1.21. The predicted molar refractivity (Wildman–Crippen MR) is 77.0 cm³/mol. The molecule has 1 N–H and O–H groups in total. The molecule has 1 fully saturated rings. The minimum Gasteiger partial charge on any atom is -0.353 e. The lowest BCUT2D eigenvalue weighted by atomic mass is 10.2. The van der Waals surface area contributed by atoms with Crippen molar-refractivity contribution in [3.63, 3.8) is 0 Å². The monoisotopic (exact) mass is 353 g/mol. The zero-order valence-electron chi connectivity index (χ0n) is 10.9. The number of carbonyl (C=O) groups excluding carboxylic acids is 1. The van der Waals surface area contributed by atoms with Crippen LogP contribution in [0.15, 0.2) is 10.3 Å². The van der Waals surface area contributed by atoms with E-state index in [0.29, 0.717) is 17.8 Å². The van der Waals surface area contributed by atoms with Crippen molar-refractivity contribution in [1.29, 1.82) is 0 Å². The molecule has 0 aromatic carbocycles. The van der Waals surface area contributed by atoms with Crippen molar-refractivity contribution in [2.24, 2.45) is 0 Å². The van der Waals surface area contributed by atoms with Crippen LogP contribution in [-0.4, -0.2) is 42.7 Å². The summed E-state index contributed by atoms with van der Waals surface area (Å²) in [5, 5.41) is 13.4. The molecule has 1 unspecified atom stereocenters. The Morgan fingerprint density at radius 3 is 2.81 bits per heavy atom. The lowest BCUT2D eigenvalue weighted by Crippen LogP contribution is -2.56. The van der Waals surface area contributed by atoms with Crippen LogP contribution in [0, 0.1) is 10.1 Å². The highest BCUT2D eigenvalue weighted by molar-refractivity contribution is 7.91. The van der Waals surface area contributed by atoms with Crippen LogP contribution >= 0.6 is 22.9 Å². The van der Waals surface area contributed by atoms with Gasteiger partial charge in [0.2, 0.25) is 5.91 Å². The summed E-state index contributed by atoms with van der Waals surface area (Å²) in [5.74, 6) is -0.371. The van der Waals surface area contributed by atoms with Gasteiger partial charge in [-0.2, -0.15) is 4.31 Å². The van der Waals surface area contributed by atoms with Gasteiger partial charge in [-0.3, -0.25) is 14.9 Å². The first kappa shape index (κ1) is 16.1. The molecule has 11 heteroatoms. The third-order valence-corrected chi connectivity index (χ3v) is 6.77. The Hall–Kier alpha value is -1.23. The van der Waals surface area contributed by atoms with Crippen molar-refractivity contribution in [2.45, 2.75) is 23.6 Å². The zero-order chi connectivity index (χ0) is 15.8. The van der Waals surface area contributed by atoms with E-state index >= 15 is 0 Å². The number of hydrogen-bond donors (Lipinski definition) is 1. The minimum atomic E-state index is -3.99. The molecule has 2 rings (SSSR count). The largest absolute Gasteiger partial charge is 0.353 e. The van der Waals surface area contributed by atoms with Crippen LogP contribution in [0.1, 0.15) is 13.3 Å². The van der Waals surface area contributed by atoms with Crippen LogP contribution in [0.4, 0.5) is 5.69 Å². The van der Waals surface area contributed by atoms with Gasteiger partial charge in [0.25, 0.3) is 15.7 Å². The maximum Gasteiger partial charge on any atom is 0.300 e. The molecule has 1 atom stereocenters. The number of nitrogens with zero attached hydrogens (tertiary/aromatic N) is 2. The van der Waals surface area contributed by atoms with Crippen LogP contribution in [0.2, 0.25) is 4.34 Å². The van der Waals surface area contributed by atoms with Crippen molar-refractivity contribution in [1.82, 2.24) is 9.62 Å². The molecule has 8 nitrogen and oxygen atoms in total. The van der Waals surface area contributed by atoms with Crippen LogP contribution in [0.3, 0.4) is 0 Å². The Labute approximate surface area is 129 Å². The van der Waals surface area contributed by atoms with Crippen molar-refractivity contribution in [3.8, 4) is 0 Å². The summed E-state index contributed by atoms with van der Waals surface area (Å²) in [6.07, 6.45) is 0.312. The quantitative estimate of drug-likeness (QED) is 0.646. The molecule has 1 saturated heterocycles. The van der Waals surface area contributed by atoms with E-state index in [4.69, 9.17) is 11.6 Å². The number of nitrogens with one attached hydrogen (secondary N) is 1. The van der Waals surface area contributed by atoms with Gasteiger partial charge in [-0.25, -0.2) is 8.42 Å². The van der Waals surface area contributed by atoms with Crippen LogP contribution in [-0.2, 0) is 14.8 Å². The molecule has 0 bridgehead atoms. The van der Waals surface area contributed by atoms with Gasteiger partial charge < -0.3 is 5.32 Å². The molecule has 1 amide bonds. The van der Waals surface area contributed by atoms with Gasteiger partial charge in [0.1, 0.15) is 10.3 Å². The van der Waals surface area contributed by atoms with Crippen LogP contribution in [0.5, 0.6) is 0 Å². The summed E-state index contributed by atoms with van der Waals surface area (Å²) in [6, 6.07) is 0.116. The number of amides is 1. The number of hydrogen-bond acceptors (Lipinski definition) is 6. The second-order valence-corrected chi connectivity index (χ2v) is 8.08. The lowest BCUT2D eigenvalue weighted by Gasteiger charge is -2.32. The Kier molecular flexibility index (Phi) is 4.51. The fourth-order valence-electron chi connectivity index (χ4n) is 2.08. The fraction of sp³-hybridized carbons (Fsp3) is 0.500. The molecular formula is C10H12ClN3O5S2. The first-order chi connectivity index (χ1) is 9.78. The van der Waals surface area contributed by atoms with E-state index in [-0.39, 0.29) is 27.5 Å². The third kappa shape index (κ3) is 2.89. The Morgan fingerprint density at radius 2 is 2.29 bits per heavy atom. The van der Waals surface area contributed by atoms with Gasteiger partial charge in [0, 0.05) is 19.2 Å². The van der Waals surface area contributed by atoms with E-state index in [9.17, 15) is 23.3 Å². The number of halogens is 1. The van der Waals surface area contributed by atoms with Gasteiger partial charge in [0.05, 0.1) is 4.92 Å². The molecule has 1 aromatic heterocycles. The highest BCUT2D eigenvalue weighted by Gasteiger charge is 2.39. The summed E-state index contributed by atoms with van der Waals surface area (Å²) in [6.45, 7) is 2.02. The first-order valence-electron chi connectivity index (χ1n) is 6.02. The molecule has 116 valence electrons. The van der Waals surface area contributed by atoms with E-state index in [1.807, 2.05) is 0 Å². The average Bonchev–Trinajstić information content (AvgIpc) is 2.81. The molecule has 0 aliphatic carbocycles. The van der Waals surface area contributed by atoms with Crippen LogP contribution < -0.4 is 5.32 Å². The van der Waals surface area contributed by atoms with Crippen molar-refractivity contribution >= 4 is 44.6 Å². The highest BCUT2D eigenvalue weighted by atomic mass is 35.5. The van der Waals surface area contributed by atoms with Gasteiger partial charge in [-0.05, 0) is 6.42 Å². The molecule has 0 spiro atoms. The van der Waals surface area contributed by atoms with Crippen molar-refractivity contribution < 1.29 is 18.1 Å². The number of sulfonamides is 1. The molecule has 0 radical (unpaired) electrons. The Morgan fingerprint density at radius 1 is 1.62 bits per heavy atom. The number of rotatable bonds is 4. The maximum atomic E-state index is 12.6. The van der Waals surface area contributed by atoms with Gasteiger partial charge >= 0.3 is 0 Å². The highest BCUT2D eigenvalue weighted by Crippen LogP contribution is 2.38. The Balaban J connectivity index is 2.43. The normalized spacial score (nSPS) is 20.3. The summed E-state index contributed by atoms with van der Waals surface area (Å²) >= 11 is 6.32. The summed E-state index contributed by atoms with van der Waals surface area (Å²) in [7, 11) is -3.99. The number of carbonyl (C=O) groups is 1. The van der Waals surface area contributed by atoms with E-state index in [1.54, 1.807) is 6.92 Å².